The number of fused-ring (bicyclic) bond motifs is 2. The van der Waals surface area contributed by atoms with Gasteiger partial charge in [0.2, 0.25) is 10.7 Å². The highest BCUT2D eigenvalue weighted by Crippen LogP contribution is 2.53. The predicted octanol–water partition coefficient (Wildman–Crippen LogP) is 4.91. The summed E-state index contributed by atoms with van der Waals surface area (Å²) in [6.45, 7) is 2.20. The highest BCUT2D eigenvalue weighted by Gasteiger charge is 2.69. The van der Waals surface area contributed by atoms with Gasteiger partial charge in [-0.2, -0.15) is 0 Å². The van der Waals surface area contributed by atoms with Crippen LogP contribution in [0.1, 0.15) is 66.2 Å². The molecule has 1 fully saturated rings. The van der Waals surface area contributed by atoms with Gasteiger partial charge in [-0.25, -0.2) is 0 Å². The van der Waals surface area contributed by atoms with E-state index in [4.69, 9.17) is 16.3 Å². The lowest BCUT2D eigenvalue weighted by Crippen LogP contribution is -2.34. The first-order valence-corrected chi connectivity index (χ1v) is 9.67. The van der Waals surface area contributed by atoms with Gasteiger partial charge in [0.1, 0.15) is 0 Å². The van der Waals surface area contributed by atoms with Crippen LogP contribution in [0.2, 0.25) is 5.02 Å². The maximum atomic E-state index is 12.7. The normalized spacial score (nSPS) is 25.2. The van der Waals surface area contributed by atoms with Gasteiger partial charge in [0, 0.05) is 16.1 Å². The van der Waals surface area contributed by atoms with E-state index in [2.05, 4.69) is 6.92 Å². The van der Waals surface area contributed by atoms with Crippen molar-refractivity contribution in [2.24, 2.45) is 0 Å². The van der Waals surface area contributed by atoms with Crippen molar-refractivity contribution in [3.05, 3.63) is 34.3 Å². The molecule has 23 heavy (non-hydrogen) atoms. The molecule has 1 saturated heterocycles. The number of carbonyl (C=O) groups excluding carboxylic acids is 2. The zero-order valence-corrected chi connectivity index (χ0v) is 14.8. The number of halogens is 1. The zero-order chi connectivity index (χ0) is 16.4. The number of hydrogen-bond donors (Lipinski definition) is 0. The summed E-state index contributed by atoms with van der Waals surface area (Å²) in [5.41, 5.74) is 0.851. The fraction of sp³-hybridized carbons (Fsp3) is 0.556. The van der Waals surface area contributed by atoms with Crippen molar-refractivity contribution in [2.75, 3.05) is 5.75 Å². The zero-order valence-electron chi connectivity index (χ0n) is 13.3. The molecule has 2 unspecified atom stereocenters. The lowest BCUT2D eigenvalue weighted by molar-refractivity contribution is 0.0911. The number of rotatable bonds is 8. The van der Waals surface area contributed by atoms with E-state index in [1.807, 2.05) is 0 Å². The third-order valence-electron chi connectivity index (χ3n) is 4.44. The van der Waals surface area contributed by atoms with Crippen LogP contribution in [0.3, 0.4) is 0 Å². The van der Waals surface area contributed by atoms with Crippen molar-refractivity contribution >= 4 is 34.9 Å². The molecule has 0 bridgehead atoms. The van der Waals surface area contributed by atoms with Gasteiger partial charge in [-0.3, -0.25) is 9.59 Å². The van der Waals surface area contributed by atoms with Gasteiger partial charge in [0.25, 0.3) is 0 Å². The fourth-order valence-corrected chi connectivity index (χ4v) is 4.56. The molecule has 3 rings (SSSR count). The molecular formula is C18H21ClO3S. The Morgan fingerprint density at radius 3 is 2.65 bits per heavy atom. The van der Waals surface area contributed by atoms with Crippen LogP contribution in [0.15, 0.2) is 18.2 Å². The summed E-state index contributed by atoms with van der Waals surface area (Å²) in [5.74, 6) is 0.659. The minimum atomic E-state index is -0.957. The standard InChI is InChI=1S/C18H21ClO3S/c1-2-3-4-5-6-7-10-23-18-16(21)13-9-8-12(19)11-14(13)15(20)17(18)22-18/h8-9,11,17H,2-7,10H2,1H3. The Morgan fingerprint density at radius 1 is 1.13 bits per heavy atom. The lowest BCUT2D eigenvalue weighted by Gasteiger charge is -2.18. The maximum absolute atomic E-state index is 12.7. The van der Waals surface area contributed by atoms with Gasteiger partial charge in [0.05, 0.1) is 0 Å². The number of ketones is 2. The van der Waals surface area contributed by atoms with Crippen molar-refractivity contribution < 1.29 is 14.3 Å². The molecule has 1 aromatic carbocycles. The quantitative estimate of drug-likeness (QED) is 0.492. The number of carbonyl (C=O) groups is 2. The van der Waals surface area contributed by atoms with Crippen LogP contribution in [-0.4, -0.2) is 28.4 Å². The molecule has 0 spiro atoms. The second-order valence-corrected chi connectivity index (χ2v) is 7.90. The monoisotopic (exact) mass is 352 g/mol. The molecule has 1 aliphatic heterocycles. The average molecular weight is 353 g/mol. The Hall–Kier alpha value is -0.840. The topological polar surface area (TPSA) is 46.7 Å². The van der Waals surface area contributed by atoms with E-state index in [1.54, 1.807) is 18.2 Å². The van der Waals surface area contributed by atoms with Gasteiger partial charge in [-0.05, 0) is 30.4 Å². The first kappa shape index (κ1) is 17.0. The highest BCUT2D eigenvalue weighted by atomic mass is 35.5. The third-order valence-corrected chi connectivity index (χ3v) is 6.09. The number of epoxide rings is 1. The predicted molar refractivity (Wildman–Crippen MR) is 93.6 cm³/mol. The van der Waals surface area contributed by atoms with E-state index in [0.29, 0.717) is 16.1 Å². The molecule has 0 radical (unpaired) electrons. The molecule has 124 valence electrons. The first-order valence-electron chi connectivity index (χ1n) is 8.30. The summed E-state index contributed by atoms with van der Waals surface area (Å²) in [5, 5.41) is 0.470. The minimum absolute atomic E-state index is 0.0789. The van der Waals surface area contributed by atoms with Crippen LogP contribution in [0.4, 0.5) is 0 Å². The van der Waals surface area contributed by atoms with E-state index < -0.39 is 11.0 Å². The minimum Gasteiger partial charge on any atom is -0.337 e. The molecule has 1 aromatic rings. The maximum Gasteiger partial charge on any atom is 0.211 e. The summed E-state index contributed by atoms with van der Waals surface area (Å²) < 4.78 is 5.58. The first-order chi connectivity index (χ1) is 11.1. The second-order valence-electron chi connectivity index (χ2n) is 6.16. The van der Waals surface area contributed by atoms with Crippen molar-refractivity contribution in [2.45, 2.75) is 56.5 Å². The molecule has 5 heteroatoms. The van der Waals surface area contributed by atoms with Crippen LogP contribution >= 0.6 is 23.4 Å². The van der Waals surface area contributed by atoms with Crippen LogP contribution in [0, 0.1) is 0 Å². The summed E-state index contributed by atoms with van der Waals surface area (Å²) in [7, 11) is 0. The number of thioether (sulfide) groups is 1. The van der Waals surface area contributed by atoms with E-state index in [0.717, 1.165) is 12.2 Å². The molecule has 1 heterocycles. The van der Waals surface area contributed by atoms with Crippen LogP contribution < -0.4 is 0 Å². The van der Waals surface area contributed by atoms with Crippen LogP contribution in [-0.2, 0) is 4.74 Å². The second kappa shape index (κ2) is 6.96. The molecule has 0 saturated carbocycles. The molecule has 1 aliphatic carbocycles. The molecule has 0 N–H and O–H groups in total. The van der Waals surface area contributed by atoms with Crippen molar-refractivity contribution in [1.82, 2.24) is 0 Å². The average Bonchev–Trinajstić information content (AvgIpc) is 3.28. The van der Waals surface area contributed by atoms with Crippen LogP contribution in [0.5, 0.6) is 0 Å². The number of Topliss-reactive ketones (excluding diaryl/α,β-unsaturated/α-hetero) is 2. The Kier molecular flexibility index (Phi) is 5.14. The highest BCUT2D eigenvalue weighted by molar-refractivity contribution is 8.01. The molecule has 0 amide bonds. The number of benzene rings is 1. The van der Waals surface area contributed by atoms with E-state index in [9.17, 15) is 9.59 Å². The van der Waals surface area contributed by atoms with Crippen molar-refractivity contribution in [3.8, 4) is 0 Å². The summed E-state index contributed by atoms with van der Waals surface area (Å²) >= 11 is 7.42. The Bertz CT molecular complexity index is 631. The van der Waals surface area contributed by atoms with Gasteiger partial charge in [0.15, 0.2) is 11.9 Å². The van der Waals surface area contributed by atoms with Crippen LogP contribution in [0.25, 0.3) is 0 Å². The summed E-state index contributed by atoms with van der Waals surface area (Å²) in [6.07, 6.45) is 6.65. The number of ether oxygens (including phenoxy) is 1. The van der Waals surface area contributed by atoms with Gasteiger partial charge in [-0.15, -0.1) is 11.8 Å². The smallest absolute Gasteiger partial charge is 0.211 e. The summed E-state index contributed by atoms with van der Waals surface area (Å²) in [4.78, 5) is 24.2. The van der Waals surface area contributed by atoms with E-state index in [-0.39, 0.29) is 11.6 Å². The lowest BCUT2D eigenvalue weighted by atomic mass is 9.89. The Balaban J connectivity index is 1.59. The van der Waals surface area contributed by atoms with Gasteiger partial charge < -0.3 is 4.74 Å². The molecule has 2 aliphatic rings. The van der Waals surface area contributed by atoms with Gasteiger partial charge in [-0.1, -0.05) is 50.6 Å². The van der Waals surface area contributed by atoms with Crippen molar-refractivity contribution in [1.29, 1.82) is 0 Å². The SMILES string of the molecule is CCCCCCCCSC12OC1C(=O)c1cc(Cl)ccc1C2=O. The van der Waals surface area contributed by atoms with E-state index in [1.165, 1.54) is 43.9 Å². The number of hydrogen-bond acceptors (Lipinski definition) is 4. The van der Waals surface area contributed by atoms with Gasteiger partial charge >= 0.3 is 0 Å². The Morgan fingerprint density at radius 2 is 1.87 bits per heavy atom. The molecule has 2 atom stereocenters. The summed E-state index contributed by atoms with van der Waals surface area (Å²) in [6, 6.07) is 4.87. The molecular weight excluding hydrogens is 332 g/mol. The Labute approximate surface area is 146 Å². The fourth-order valence-electron chi connectivity index (χ4n) is 3.07. The number of unbranched alkanes of at least 4 members (excludes halogenated alkanes) is 5. The van der Waals surface area contributed by atoms with Crippen molar-refractivity contribution in [3.63, 3.8) is 0 Å². The largest absolute Gasteiger partial charge is 0.337 e. The van der Waals surface area contributed by atoms with E-state index >= 15 is 0 Å². The third kappa shape index (κ3) is 3.21. The molecule has 0 aromatic heterocycles. The molecule has 3 nitrogen and oxygen atoms in total.